The fraction of sp³-hybridized carbons (Fsp3) is 0.636. The molecule has 0 aliphatic carbocycles. The summed E-state index contributed by atoms with van der Waals surface area (Å²) in [6.07, 6.45) is -2.13. The quantitative estimate of drug-likeness (QED) is 0.448. The lowest BCUT2D eigenvalue weighted by Crippen LogP contribution is -2.57. The molecule has 0 aromatic carbocycles. The molecule has 9 nitrogen and oxygen atoms in total. The van der Waals surface area contributed by atoms with E-state index in [4.69, 9.17) is 15.4 Å². The minimum atomic E-state index is -1.70. The van der Waals surface area contributed by atoms with E-state index in [2.05, 4.69) is 15.3 Å². The van der Waals surface area contributed by atoms with Crippen LogP contribution in [0.15, 0.2) is 9.98 Å². The Morgan fingerprint density at radius 1 is 1.71 bits per heavy atom. The molecule has 4 N–H and O–H groups in total. The number of halogens is 1. The molecule has 0 bridgehead atoms. The Morgan fingerprint density at radius 3 is 3.10 bits per heavy atom. The van der Waals surface area contributed by atoms with Gasteiger partial charge in [-0.1, -0.05) is 0 Å². The van der Waals surface area contributed by atoms with Gasteiger partial charge in [0.25, 0.3) is 6.09 Å². The van der Waals surface area contributed by atoms with Gasteiger partial charge in [0.05, 0.1) is 12.9 Å². The number of aliphatic hydroxyl groups is 2. The molecule has 0 radical (unpaired) electrons. The number of hydrogen-bond donors (Lipinski definition) is 4. The fourth-order valence-corrected chi connectivity index (χ4v) is 2.63. The second-order valence-corrected chi connectivity index (χ2v) is 5.02. The number of nitrogens with zero attached hydrogens (tertiary/aromatic N) is 4. The maximum Gasteiger partial charge on any atom is 0.285 e. The van der Waals surface area contributed by atoms with Crippen molar-refractivity contribution >= 4 is 18.3 Å². The number of nitriles is 1. The molecular formula is C11H13FN6O3. The fourth-order valence-electron chi connectivity index (χ4n) is 2.63. The summed E-state index contributed by atoms with van der Waals surface area (Å²) in [6.45, 7) is -0.653. The molecule has 10 heteroatoms. The highest BCUT2D eigenvalue weighted by molar-refractivity contribution is 5.99. The zero-order valence-electron chi connectivity index (χ0n) is 10.8. The van der Waals surface area contributed by atoms with E-state index in [1.807, 2.05) is 0 Å². The van der Waals surface area contributed by atoms with Gasteiger partial charge in [-0.05, 0) is 0 Å². The van der Waals surface area contributed by atoms with Gasteiger partial charge in [-0.3, -0.25) is 10.4 Å². The standard InChI is InChI=1S/C11H13FN6O3/c12-10-16-8(14)7-9(17-10)18(4-15-7)6-1-5(20)11(2-13,3-19)21-6/h4-7,9,19-20H,1,3H2,(H2,14,16,17)/t5-,6+,7?,9?,11+/m0/s1. The summed E-state index contributed by atoms with van der Waals surface area (Å²) < 4.78 is 18.8. The summed E-state index contributed by atoms with van der Waals surface area (Å²) in [7, 11) is 0. The van der Waals surface area contributed by atoms with E-state index in [9.17, 15) is 14.6 Å². The summed E-state index contributed by atoms with van der Waals surface area (Å²) in [5.74, 6) is -0.220. The third-order valence-electron chi connectivity index (χ3n) is 3.81. The number of fused-ring (bicyclic) bond motifs is 1. The Morgan fingerprint density at radius 2 is 2.48 bits per heavy atom. The van der Waals surface area contributed by atoms with Crippen molar-refractivity contribution in [3.8, 4) is 6.07 Å². The van der Waals surface area contributed by atoms with Crippen LogP contribution in [-0.4, -0.2) is 70.1 Å². The number of ether oxygens (including phenoxy) is 1. The van der Waals surface area contributed by atoms with Gasteiger partial charge in [-0.15, -0.1) is 0 Å². The van der Waals surface area contributed by atoms with Crippen LogP contribution in [0.25, 0.3) is 0 Å². The first kappa shape index (κ1) is 13.9. The SMILES string of the molecule is N#C[C@]1(CO)O[C@@H](N2C=NC3C(=N)N=C(F)NC32)C[C@@H]1O. The Balaban J connectivity index is 1.81. The number of aliphatic hydroxyl groups excluding tert-OH is 2. The lowest BCUT2D eigenvalue weighted by atomic mass is 10.00. The summed E-state index contributed by atoms with van der Waals surface area (Å²) in [5, 5.41) is 38.4. The van der Waals surface area contributed by atoms with Crippen molar-refractivity contribution in [2.24, 2.45) is 9.98 Å². The molecule has 0 aromatic rings. The predicted octanol–water partition coefficient (Wildman–Crippen LogP) is -1.71. The maximum absolute atomic E-state index is 13.3. The average Bonchev–Trinajstić information content (AvgIpc) is 3.00. The number of amidine groups is 2. The van der Waals surface area contributed by atoms with E-state index < -0.39 is 42.8 Å². The van der Waals surface area contributed by atoms with Gasteiger partial charge in [0.2, 0.25) is 5.60 Å². The summed E-state index contributed by atoms with van der Waals surface area (Å²) in [5.41, 5.74) is -1.70. The highest BCUT2D eigenvalue weighted by Crippen LogP contribution is 2.34. The highest BCUT2D eigenvalue weighted by Gasteiger charge is 2.53. The van der Waals surface area contributed by atoms with Gasteiger partial charge in [0.15, 0.2) is 5.84 Å². The summed E-state index contributed by atoms with van der Waals surface area (Å²) >= 11 is 0. The Labute approximate surface area is 118 Å². The maximum atomic E-state index is 13.3. The van der Waals surface area contributed by atoms with Crippen LogP contribution in [0.4, 0.5) is 4.39 Å². The second kappa shape index (κ2) is 4.73. The summed E-state index contributed by atoms with van der Waals surface area (Å²) in [6, 6.07) is 1.08. The topological polar surface area (TPSA) is 137 Å². The van der Waals surface area contributed by atoms with Crippen molar-refractivity contribution in [1.82, 2.24) is 10.2 Å². The van der Waals surface area contributed by atoms with Crippen LogP contribution in [-0.2, 0) is 4.74 Å². The van der Waals surface area contributed by atoms with Crippen molar-refractivity contribution in [2.75, 3.05) is 6.61 Å². The molecule has 3 aliphatic rings. The molecule has 1 saturated heterocycles. The number of hydrogen-bond acceptors (Lipinski definition) is 8. The molecule has 0 saturated carbocycles. The van der Waals surface area contributed by atoms with Crippen LogP contribution >= 0.6 is 0 Å². The first-order valence-electron chi connectivity index (χ1n) is 6.28. The molecule has 1 fully saturated rings. The van der Waals surface area contributed by atoms with E-state index in [0.717, 1.165) is 0 Å². The van der Waals surface area contributed by atoms with E-state index in [0.29, 0.717) is 0 Å². The smallest absolute Gasteiger partial charge is 0.285 e. The normalized spacial score (nSPS) is 41.5. The Hall–Kier alpha value is -2.09. The van der Waals surface area contributed by atoms with Crippen molar-refractivity contribution in [1.29, 1.82) is 10.7 Å². The Bertz CT molecular complexity index is 575. The third-order valence-corrected chi connectivity index (χ3v) is 3.81. The molecule has 3 heterocycles. The molecule has 112 valence electrons. The molecule has 2 unspecified atom stereocenters. The van der Waals surface area contributed by atoms with Gasteiger partial charge in [-0.2, -0.15) is 14.6 Å². The number of nitrogens with one attached hydrogen (secondary N) is 2. The molecule has 3 rings (SSSR count). The number of aliphatic imine (C=N–C) groups is 2. The number of rotatable bonds is 2. The van der Waals surface area contributed by atoms with E-state index >= 15 is 0 Å². The van der Waals surface area contributed by atoms with Crippen molar-refractivity contribution < 1.29 is 19.3 Å². The van der Waals surface area contributed by atoms with Crippen molar-refractivity contribution in [3.05, 3.63) is 0 Å². The first-order chi connectivity index (χ1) is 10.0. The third kappa shape index (κ3) is 1.98. The van der Waals surface area contributed by atoms with Gasteiger partial charge >= 0.3 is 0 Å². The van der Waals surface area contributed by atoms with Crippen LogP contribution < -0.4 is 5.32 Å². The predicted molar refractivity (Wildman–Crippen MR) is 68.2 cm³/mol. The van der Waals surface area contributed by atoms with Gasteiger partial charge in [0.1, 0.15) is 30.6 Å². The van der Waals surface area contributed by atoms with Crippen LogP contribution in [0.1, 0.15) is 6.42 Å². The van der Waals surface area contributed by atoms with E-state index in [1.165, 1.54) is 11.2 Å². The molecule has 21 heavy (non-hydrogen) atoms. The van der Waals surface area contributed by atoms with Crippen LogP contribution in [0.2, 0.25) is 0 Å². The molecular weight excluding hydrogens is 283 g/mol. The van der Waals surface area contributed by atoms with Crippen LogP contribution in [0, 0.1) is 16.7 Å². The van der Waals surface area contributed by atoms with Gasteiger partial charge < -0.3 is 25.2 Å². The van der Waals surface area contributed by atoms with Gasteiger partial charge in [-0.25, -0.2) is 0 Å². The summed E-state index contributed by atoms with van der Waals surface area (Å²) in [4.78, 5) is 8.90. The lowest BCUT2D eigenvalue weighted by Gasteiger charge is -2.34. The molecule has 0 aromatic heterocycles. The van der Waals surface area contributed by atoms with Crippen molar-refractivity contribution in [2.45, 2.75) is 36.6 Å². The molecule has 5 atom stereocenters. The lowest BCUT2D eigenvalue weighted by molar-refractivity contribution is -0.105. The minimum Gasteiger partial charge on any atom is -0.392 e. The molecule has 3 aliphatic heterocycles. The van der Waals surface area contributed by atoms with Crippen molar-refractivity contribution in [3.63, 3.8) is 0 Å². The van der Waals surface area contributed by atoms with Crippen LogP contribution in [0.3, 0.4) is 0 Å². The monoisotopic (exact) mass is 296 g/mol. The Kier molecular flexibility index (Phi) is 3.12. The first-order valence-corrected chi connectivity index (χ1v) is 6.28. The second-order valence-electron chi connectivity index (χ2n) is 5.02. The van der Waals surface area contributed by atoms with E-state index in [1.54, 1.807) is 6.07 Å². The highest BCUT2D eigenvalue weighted by atomic mass is 19.1. The van der Waals surface area contributed by atoms with Crippen LogP contribution in [0.5, 0.6) is 0 Å². The molecule has 0 spiro atoms. The van der Waals surface area contributed by atoms with E-state index in [-0.39, 0.29) is 12.3 Å². The zero-order chi connectivity index (χ0) is 15.2. The molecule has 0 amide bonds. The zero-order valence-corrected chi connectivity index (χ0v) is 10.8. The minimum absolute atomic E-state index is 0.0527. The average molecular weight is 296 g/mol. The largest absolute Gasteiger partial charge is 0.392 e. The van der Waals surface area contributed by atoms with Gasteiger partial charge in [0, 0.05) is 6.42 Å².